The highest BCUT2D eigenvalue weighted by Gasteiger charge is 2.08. The first-order valence-corrected chi connectivity index (χ1v) is 7.86. The Kier molecular flexibility index (Phi) is 4.54. The molecule has 0 aliphatic carbocycles. The van der Waals surface area contributed by atoms with E-state index in [2.05, 4.69) is 24.4 Å². The van der Waals surface area contributed by atoms with Crippen LogP contribution in [0.15, 0.2) is 66.7 Å². The van der Waals surface area contributed by atoms with Crippen LogP contribution >= 0.6 is 11.6 Å². The van der Waals surface area contributed by atoms with Crippen molar-refractivity contribution in [3.8, 4) is 11.5 Å². The van der Waals surface area contributed by atoms with Crippen molar-refractivity contribution in [2.24, 2.45) is 0 Å². The second kappa shape index (κ2) is 6.76. The van der Waals surface area contributed by atoms with E-state index in [9.17, 15) is 0 Å². The summed E-state index contributed by atoms with van der Waals surface area (Å²) in [5.74, 6) is 1.40. The molecule has 3 rings (SSSR count). The Balaban J connectivity index is 1.83. The maximum Gasteiger partial charge on any atom is 0.148 e. The molecule has 0 radical (unpaired) electrons. The number of ether oxygens (including phenoxy) is 1. The zero-order valence-electron chi connectivity index (χ0n) is 13.1. The molecule has 23 heavy (non-hydrogen) atoms. The number of hydrogen-bond donors (Lipinski definition) is 1. The van der Waals surface area contributed by atoms with Crippen molar-refractivity contribution in [3.05, 3.63) is 82.9 Å². The second-order valence-corrected chi connectivity index (χ2v) is 5.90. The van der Waals surface area contributed by atoms with Crippen molar-refractivity contribution in [2.45, 2.75) is 13.8 Å². The number of aryl methyl sites for hydroxylation is 2. The summed E-state index contributed by atoms with van der Waals surface area (Å²) < 4.78 is 5.89. The van der Waals surface area contributed by atoms with Crippen LogP contribution in [0.2, 0.25) is 5.02 Å². The molecule has 0 aliphatic heterocycles. The molecule has 2 nitrogen and oxygen atoms in total. The number of hydrogen-bond acceptors (Lipinski definition) is 2. The lowest BCUT2D eigenvalue weighted by Crippen LogP contribution is -1.93. The Bertz CT molecular complexity index is 729. The van der Waals surface area contributed by atoms with Gasteiger partial charge in [-0.2, -0.15) is 0 Å². The molecule has 116 valence electrons. The molecule has 0 aromatic heterocycles. The lowest BCUT2D eigenvalue weighted by atomic mass is 10.2. The van der Waals surface area contributed by atoms with Gasteiger partial charge < -0.3 is 10.1 Å². The van der Waals surface area contributed by atoms with Gasteiger partial charge >= 0.3 is 0 Å². The molecule has 1 N–H and O–H groups in total. The Labute approximate surface area is 141 Å². The first kappa shape index (κ1) is 15.4. The molecule has 0 fully saturated rings. The van der Waals surface area contributed by atoms with Crippen LogP contribution in [-0.2, 0) is 0 Å². The van der Waals surface area contributed by atoms with E-state index in [1.807, 2.05) is 61.5 Å². The molecule has 0 spiro atoms. The van der Waals surface area contributed by atoms with Crippen LogP contribution in [0.25, 0.3) is 0 Å². The van der Waals surface area contributed by atoms with Gasteiger partial charge in [0.2, 0.25) is 0 Å². The van der Waals surface area contributed by atoms with E-state index in [0.717, 1.165) is 17.1 Å². The Morgan fingerprint density at radius 1 is 0.783 bits per heavy atom. The fourth-order valence-electron chi connectivity index (χ4n) is 2.21. The van der Waals surface area contributed by atoms with Gasteiger partial charge in [-0.3, -0.25) is 0 Å². The van der Waals surface area contributed by atoms with E-state index in [1.165, 1.54) is 11.1 Å². The summed E-state index contributed by atoms with van der Waals surface area (Å²) in [6.45, 7) is 4.11. The molecular formula is C20H18ClNO. The maximum absolute atomic E-state index is 6.48. The monoisotopic (exact) mass is 323 g/mol. The SMILES string of the molecule is Cc1ccc(Nc2cccc(Oc3ccc(C)cc3)c2Cl)cc1. The minimum Gasteiger partial charge on any atom is -0.456 e. The standard InChI is InChI=1S/C20H18ClNO/c1-14-6-10-16(11-7-14)22-18-4-3-5-19(20(18)21)23-17-12-8-15(2)9-13-17/h3-13,22H,1-2H3. The molecule has 3 aromatic rings. The smallest absolute Gasteiger partial charge is 0.148 e. The summed E-state index contributed by atoms with van der Waals surface area (Å²) >= 11 is 6.48. The van der Waals surface area contributed by atoms with Crippen molar-refractivity contribution in [3.63, 3.8) is 0 Å². The molecule has 0 atom stereocenters. The van der Waals surface area contributed by atoms with Gasteiger partial charge in [0.25, 0.3) is 0 Å². The average molecular weight is 324 g/mol. The third kappa shape index (κ3) is 3.85. The van der Waals surface area contributed by atoms with E-state index in [0.29, 0.717) is 10.8 Å². The highest BCUT2D eigenvalue weighted by molar-refractivity contribution is 6.34. The van der Waals surface area contributed by atoms with E-state index in [4.69, 9.17) is 16.3 Å². The lowest BCUT2D eigenvalue weighted by Gasteiger charge is -2.13. The van der Waals surface area contributed by atoms with Crippen molar-refractivity contribution in [1.82, 2.24) is 0 Å². The minimum absolute atomic E-state index is 0.564. The molecule has 3 aromatic carbocycles. The molecule has 0 amide bonds. The van der Waals surface area contributed by atoms with Crippen molar-refractivity contribution < 1.29 is 4.74 Å². The van der Waals surface area contributed by atoms with Crippen molar-refractivity contribution in [2.75, 3.05) is 5.32 Å². The van der Waals surface area contributed by atoms with E-state index in [-0.39, 0.29) is 0 Å². The average Bonchev–Trinajstić information content (AvgIpc) is 2.55. The summed E-state index contributed by atoms with van der Waals surface area (Å²) in [5.41, 5.74) is 4.22. The third-order valence-electron chi connectivity index (χ3n) is 3.54. The number of rotatable bonds is 4. The first-order chi connectivity index (χ1) is 11.1. The number of anilines is 2. The van der Waals surface area contributed by atoms with Crippen LogP contribution in [0.1, 0.15) is 11.1 Å². The summed E-state index contributed by atoms with van der Waals surface area (Å²) in [7, 11) is 0. The van der Waals surface area contributed by atoms with Crippen molar-refractivity contribution >= 4 is 23.0 Å². The summed E-state index contributed by atoms with van der Waals surface area (Å²) in [4.78, 5) is 0. The zero-order chi connectivity index (χ0) is 16.2. The molecule has 0 unspecified atom stereocenters. The predicted octanol–water partition coefficient (Wildman–Crippen LogP) is 6.49. The Morgan fingerprint density at radius 3 is 2.04 bits per heavy atom. The van der Waals surface area contributed by atoms with E-state index in [1.54, 1.807) is 0 Å². The zero-order valence-corrected chi connectivity index (χ0v) is 13.9. The predicted molar refractivity (Wildman–Crippen MR) is 97.2 cm³/mol. The third-order valence-corrected chi connectivity index (χ3v) is 3.93. The van der Waals surface area contributed by atoms with Crippen LogP contribution in [0.4, 0.5) is 11.4 Å². The van der Waals surface area contributed by atoms with Crippen LogP contribution in [0, 0.1) is 13.8 Å². The number of halogens is 1. The van der Waals surface area contributed by atoms with Crippen LogP contribution < -0.4 is 10.1 Å². The molecule has 3 heteroatoms. The normalized spacial score (nSPS) is 10.4. The van der Waals surface area contributed by atoms with Gasteiger partial charge in [0, 0.05) is 5.69 Å². The van der Waals surface area contributed by atoms with Crippen LogP contribution in [0.3, 0.4) is 0 Å². The number of benzene rings is 3. The maximum atomic E-state index is 6.48. The van der Waals surface area contributed by atoms with Crippen LogP contribution in [-0.4, -0.2) is 0 Å². The van der Waals surface area contributed by atoms with Gasteiger partial charge in [-0.05, 0) is 50.2 Å². The van der Waals surface area contributed by atoms with Crippen LogP contribution in [0.5, 0.6) is 11.5 Å². The van der Waals surface area contributed by atoms with Gasteiger partial charge in [-0.25, -0.2) is 0 Å². The highest BCUT2D eigenvalue weighted by atomic mass is 35.5. The van der Waals surface area contributed by atoms with Gasteiger partial charge in [0.05, 0.1) is 5.69 Å². The molecule has 0 bridgehead atoms. The lowest BCUT2D eigenvalue weighted by molar-refractivity contribution is 0.483. The Hall–Kier alpha value is -2.45. The molecule has 0 aliphatic rings. The van der Waals surface area contributed by atoms with E-state index < -0.39 is 0 Å². The summed E-state index contributed by atoms with van der Waals surface area (Å²) in [6, 6.07) is 21.8. The van der Waals surface area contributed by atoms with Gasteiger partial charge in [0.15, 0.2) is 0 Å². The quantitative estimate of drug-likeness (QED) is 0.592. The molecule has 0 saturated heterocycles. The largest absolute Gasteiger partial charge is 0.456 e. The second-order valence-electron chi connectivity index (χ2n) is 5.52. The fourth-order valence-corrected chi connectivity index (χ4v) is 2.42. The van der Waals surface area contributed by atoms with Gasteiger partial charge in [-0.15, -0.1) is 0 Å². The minimum atomic E-state index is 0.564. The molecule has 0 heterocycles. The topological polar surface area (TPSA) is 21.3 Å². The fraction of sp³-hybridized carbons (Fsp3) is 0.100. The van der Waals surface area contributed by atoms with E-state index >= 15 is 0 Å². The Morgan fingerprint density at radius 2 is 1.39 bits per heavy atom. The summed E-state index contributed by atoms with van der Waals surface area (Å²) in [6.07, 6.45) is 0. The van der Waals surface area contributed by atoms with Gasteiger partial charge in [0.1, 0.15) is 16.5 Å². The first-order valence-electron chi connectivity index (χ1n) is 7.48. The molecular weight excluding hydrogens is 306 g/mol. The molecule has 0 saturated carbocycles. The highest BCUT2D eigenvalue weighted by Crippen LogP contribution is 2.36. The summed E-state index contributed by atoms with van der Waals surface area (Å²) in [5, 5.41) is 3.89. The van der Waals surface area contributed by atoms with Crippen molar-refractivity contribution in [1.29, 1.82) is 0 Å². The number of nitrogens with one attached hydrogen (secondary N) is 1. The van der Waals surface area contributed by atoms with Gasteiger partial charge in [-0.1, -0.05) is 53.1 Å².